The second-order valence-corrected chi connectivity index (χ2v) is 5.62. The van der Waals surface area contributed by atoms with E-state index in [1.165, 1.54) is 11.1 Å². The molecule has 3 heteroatoms. The van der Waals surface area contributed by atoms with Crippen LogP contribution in [0.1, 0.15) is 23.0 Å². The van der Waals surface area contributed by atoms with Gasteiger partial charge in [0.05, 0.1) is 11.8 Å². The van der Waals surface area contributed by atoms with E-state index in [-0.39, 0.29) is 11.8 Å². The minimum absolute atomic E-state index is 0.144. The van der Waals surface area contributed by atoms with Gasteiger partial charge < -0.3 is 14.2 Å². The fourth-order valence-electron chi connectivity index (χ4n) is 3.87. The van der Waals surface area contributed by atoms with Crippen molar-refractivity contribution >= 4 is 0 Å². The van der Waals surface area contributed by atoms with Crippen LogP contribution in [-0.4, -0.2) is 25.8 Å². The maximum atomic E-state index is 5.99. The molecule has 0 spiro atoms. The molecule has 0 bridgehead atoms. The van der Waals surface area contributed by atoms with E-state index in [4.69, 9.17) is 14.2 Å². The normalized spacial score (nSPS) is 36.7. The lowest BCUT2D eigenvalue weighted by molar-refractivity contribution is -0.130. The van der Waals surface area contributed by atoms with Crippen LogP contribution in [0.15, 0.2) is 60.7 Å². The first-order valence-corrected chi connectivity index (χ1v) is 7.19. The van der Waals surface area contributed by atoms with Crippen molar-refractivity contribution in [2.24, 2.45) is 0 Å². The lowest BCUT2D eigenvalue weighted by Crippen LogP contribution is -2.54. The molecular weight excluding hydrogens is 264 g/mol. The molecule has 0 radical (unpaired) electrons. The van der Waals surface area contributed by atoms with Crippen molar-refractivity contribution in [3.8, 4) is 0 Å². The van der Waals surface area contributed by atoms with E-state index >= 15 is 0 Å². The SMILES string of the molecule is CO[C@@]12O[C@]1(OC)[C@@H](c1ccccc1)[C@H]2c1ccccc1. The molecule has 1 aliphatic heterocycles. The maximum absolute atomic E-state index is 5.99. The molecule has 1 saturated carbocycles. The topological polar surface area (TPSA) is 31.0 Å². The van der Waals surface area contributed by atoms with Crippen molar-refractivity contribution in [1.82, 2.24) is 0 Å². The zero-order chi connectivity index (χ0) is 14.5. The summed E-state index contributed by atoms with van der Waals surface area (Å²) in [5, 5.41) is 0. The van der Waals surface area contributed by atoms with E-state index in [1.807, 2.05) is 12.1 Å². The van der Waals surface area contributed by atoms with Gasteiger partial charge in [0.15, 0.2) is 0 Å². The molecule has 0 N–H and O–H groups in total. The summed E-state index contributed by atoms with van der Waals surface area (Å²) in [4.78, 5) is 0. The summed E-state index contributed by atoms with van der Waals surface area (Å²) >= 11 is 0. The van der Waals surface area contributed by atoms with Gasteiger partial charge in [-0.05, 0) is 11.1 Å². The fraction of sp³-hybridized carbons (Fsp3) is 0.333. The molecule has 2 aromatic rings. The van der Waals surface area contributed by atoms with Crippen molar-refractivity contribution in [1.29, 1.82) is 0 Å². The van der Waals surface area contributed by atoms with Crippen LogP contribution in [0, 0.1) is 0 Å². The van der Waals surface area contributed by atoms with E-state index in [9.17, 15) is 0 Å². The average Bonchev–Trinajstić information content (AvgIpc) is 3.12. The van der Waals surface area contributed by atoms with Crippen LogP contribution < -0.4 is 0 Å². The third kappa shape index (κ3) is 1.49. The lowest BCUT2D eigenvalue weighted by Gasteiger charge is -2.44. The summed E-state index contributed by atoms with van der Waals surface area (Å²) in [6.45, 7) is 0. The highest BCUT2D eigenvalue weighted by Crippen LogP contribution is 2.77. The van der Waals surface area contributed by atoms with Crippen molar-refractivity contribution in [2.75, 3.05) is 14.2 Å². The number of hydrogen-bond acceptors (Lipinski definition) is 3. The number of epoxide rings is 1. The van der Waals surface area contributed by atoms with Crippen LogP contribution in [0.3, 0.4) is 0 Å². The molecule has 4 atom stereocenters. The van der Waals surface area contributed by atoms with Gasteiger partial charge in [-0.3, -0.25) is 0 Å². The molecule has 1 heterocycles. The molecule has 21 heavy (non-hydrogen) atoms. The Bertz CT molecular complexity index is 585. The number of fused-ring (bicyclic) bond motifs is 1. The van der Waals surface area contributed by atoms with E-state index < -0.39 is 11.6 Å². The predicted octanol–water partition coefficient (Wildman–Crippen LogP) is 3.28. The highest BCUT2D eigenvalue weighted by atomic mass is 16.9. The van der Waals surface area contributed by atoms with Gasteiger partial charge in [-0.15, -0.1) is 0 Å². The molecule has 108 valence electrons. The third-order valence-electron chi connectivity index (χ3n) is 4.82. The second-order valence-electron chi connectivity index (χ2n) is 5.62. The summed E-state index contributed by atoms with van der Waals surface area (Å²) in [6.07, 6.45) is 0. The Labute approximate surface area is 124 Å². The summed E-state index contributed by atoms with van der Waals surface area (Å²) in [5.74, 6) is -1.01. The highest BCUT2D eigenvalue weighted by Gasteiger charge is 2.91. The quantitative estimate of drug-likeness (QED) is 0.806. The number of benzene rings is 2. The van der Waals surface area contributed by atoms with Crippen LogP contribution >= 0.6 is 0 Å². The van der Waals surface area contributed by atoms with Gasteiger partial charge in [0.25, 0.3) is 0 Å². The molecular formula is C18H18O3. The third-order valence-corrected chi connectivity index (χ3v) is 4.82. The molecule has 1 saturated heterocycles. The molecule has 2 aliphatic rings. The molecule has 3 nitrogen and oxygen atoms in total. The van der Waals surface area contributed by atoms with E-state index in [0.717, 1.165) is 0 Å². The predicted molar refractivity (Wildman–Crippen MR) is 78.9 cm³/mol. The lowest BCUT2D eigenvalue weighted by atomic mass is 9.62. The molecule has 0 unspecified atom stereocenters. The van der Waals surface area contributed by atoms with Crippen molar-refractivity contribution in [3.05, 3.63) is 71.8 Å². The van der Waals surface area contributed by atoms with Crippen LogP contribution in [0.25, 0.3) is 0 Å². The first-order chi connectivity index (χ1) is 10.3. The Kier molecular flexibility index (Phi) is 2.73. The molecule has 0 aromatic heterocycles. The minimum Gasteiger partial charge on any atom is -0.348 e. The molecule has 1 aliphatic carbocycles. The number of hydrogen-bond donors (Lipinski definition) is 0. The zero-order valence-electron chi connectivity index (χ0n) is 12.2. The largest absolute Gasteiger partial charge is 0.348 e. The smallest absolute Gasteiger partial charge is 0.234 e. The maximum Gasteiger partial charge on any atom is 0.234 e. The van der Waals surface area contributed by atoms with Crippen molar-refractivity contribution in [3.63, 3.8) is 0 Å². The number of ether oxygens (including phenoxy) is 3. The summed E-state index contributed by atoms with van der Waals surface area (Å²) in [6, 6.07) is 20.8. The van der Waals surface area contributed by atoms with Gasteiger partial charge in [-0.1, -0.05) is 60.7 Å². The average molecular weight is 282 g/mol. The van der Waals surface area contributed by atoms with Gasteiger partial charge in [0.1, 0.15) is 0 Å². The summed E-state index contributed by atoms with van der Waals surface area (Å²) in [5.41, 5.74) is 2.44. The first-order valence-electron chi connectivity index (χ1n) is 7.19. The Morgan fingerprint density at radius 1 is 0.714 bits per heavy atom. The van der Waals surface area contributed by atoms with Crippen LogP contribution in [0.4, 0.5) is 0 Å². The standard InChI is InChI=1S/C18H18O3/c1-19-17-15(13-9-5-3-6-10-13)16(18(17,20-2)21-17)14-11-7-4-8-12-14/h3-12,15-16H,1-2H3/t15-,16+,17+,18-. The Morgan fingerprint density at radius 3 is 1.43 bits per heavy atom. The van der Waals surface area contributed by atoms with Gasteiger partial charge in [-0.25, -0.2) is 0 Å². The minimum atomic E-state index is -0.649. The number of methoxy groups -OCH3 is 2. The Morgan fingerprint density at radius 2 is 1.10 bits per heavy atom. The van der Waals surface area contributed by atoms with Gasteiger partial charge in [0.2, 0.25) is 11.6 Å². The highest BCUT2D eigenvalue weighted by molar-refractivity contribution is 5.46. The zero-order valence-corrected chi connectivity index (χ0v) is 12.2. The fourth-order valence-corrected chi connectivity index (χ4v) is 3.87. The molecule has 2 aromatic carbocycles. The van der Waals surface area contributed by atoms with Crippen molar-refractivity contribution in [2.45, 2.75) is 23.4 Å². The van der Waals surface area contributed by atoms with Crippen molar-refractivity contribution < 1.29 is 14.2 Å². The first kappa shape index (κ1) is 13.0. The van der Waals surface area contributed by atoms with Crippen LogP contribution in [0.2, 0.25) is 0 Å². The van der Waals surface area contributed by atoms with E-state index in [0.29, 0.717) is 0 Å². The van der Waals surface area contributed by atoms with E-state index in [2.05, 4.69) is 48.5 Å². The van der Waals surface area contributed by atoms with Crippen LogP contribution in [-0.2, 0) is 14.2 Å². The molecule has 2 fully saturated rings. The summed E-state index contributed by atoms with van der Waals surface area (Å²) in [7, 11) is 3.38. The monoisotopic (exact) mass is 282 g/mol. The second kappa shape index (κ2) is 4.41. The Balaban J connectivity index is 1.80. The van der Waals surface area contributed by atoms with Gasteiger partial charge in [0, 0.05) is 14.2 Å². The summed E-state index contributed by atoms with van der Waals surface area (Å²) < 4.78 is 17.4. The van der Waals surface area contributed by atoms with E-state index in [1.54, 1.807) is 14.2 Å². The molecule has 4 rings (SSSR count). The van der Waals surface area contributed by atoms with Gasteiger partial charge >= 0.3 is 0 Å². The van der Waals surface area contributed by atoms with Crippen LogP contribution in [0.5, 0.6) is 0 Å². The number of rotatable bonds is 4. The van der Waals surface area contributed by atoms with Gasteiger partial charge in [-0.2, -0.15) is 0 Å². The molecule has 0 amide bonds. The Hall–Kier alpha value is -1.68.